The SMILES string of the molecule is C[C@H](NC1=NCCN1)c1cccs1. The lowest BCUT2D eigenvalue weighted by atomic mass is 10.3. The second-order valence-electron chi connectivity index (χ2n) is 3.04. The average molecular weight is 195 g/mol. The van der Waals surface area contributed by atoms with Gasteiger partial charge in [-0.25, -0.2) is 0 Å². The molecule has 4 heteroatoms. The van der Waals surface area contributed by atoms with Gasteiger partial charge in [0, 0.05) is 11.4 Å². The van der Waals surface area contributed by atoms with Crippen LogP contribution in [0.1, 0.15) is 17.8 Å². The van der Waals surface area contributed by atoms with Gasteiger partial charge in [-0.3, -0.25) is 4.99 Å². The van der Waals surface area contributed by atoms with Gasteiger partial charge in [-0.2, -0.15) is 0 Å². The summed E-state index contributed by atoms with van der Waals surface area (Å²) in [5, 5.41) is 8.62. The maximum atomic E-state index is 4.28. The highest BCUT2D eigenvalue weighted by Gasteiger charge is 2.10. The Hall–Kier alpha value is -1.03. The molecule has 0 saturated heterocycles. The second kappa shape index (κ2) is 3.79. The predicted molar refractivity (Wildman–Crippen MR) is 56.2 cm³/mol. The van der Waals surface area contributed by atoms with E-state index in [1.165, 1.54) is 4.88 Å². The zero-order chi connectivity index (χ0) is 9.10. The first-order valence-corrected chi connectivity index (χ1v) is 5.32. The first kappa shape index (κ1) is 8.56. The third kappa shape index (κ3) is 2.01. The predicted octanol–water partition coefficient (Wildman–Crippen LogP) is 1.36. The molecule has 0 radical (unpaired) electrons. The Morgan fingerprint density at radius 2 is 2.62 bits per heavy atom. The lowest BCUT2D eigenvalue weighted by molar-refractivity contribution is 0.715. The highest BCUT2D eigenvalue weighted by atomic mass is 32.1. The smallest absolute Gasteiger partial charge is 0.191 e. The number of hydrogen-bond acceptors (Lipinski definition) is 4. The molecule has 13 heavy (non-hydrogen) atoms. The Morgan fingerprint density at radius 3 is 3.23 bits per heavy atom. The lowest BCUT2D eigenvalue weighted by Gasteiger charge is -2.13. The van der Waals surface area contributed by atoms with Crippen molar-refractivity contribution in [1.82, 2.24) is 10.6 Å². The van der Waals surface area contributed by atoms with Crippen molar-refractivity contribution in [2.45, 2.75) is 13.0 Å². The average Bonchev–Trinajstić information content (AvgIpc) is 2.74. The summed E-state index contributed by atoms with van der Waals surface area (Å²) in [6.45, 7) is 3.99. The number of nitrogens with one attached hydrogen (secondary N) is 2. The third-order valence-corrected chi connectivity index (χ3v) is 3.05. The van der Waals surface area contributed by atoms with Crippen molar-refractivity contribution in [2.24, 2.45) is 4.99 Å². The van der Waals surface area contributed by atoms with E-state index in [2.05, 4.69) is 40.1 Å². The maximum Gasteiger partial charge on any atom is 0.191 e. The van der Waals surface area contributed by atoms with Crippen molar-refractivity contribution in [2.75, 3.05) is 13.1 Å². The molecule has 0 spiro atoms. The van der Waals surface area contributed by atoms with E-state index >= 15 is 0 Å². The van der Waals surface area contributed by atoms with Crippen molar-refractivity contribution in [3.8, 4) is 0 Å². The van der Waals surface area contributed by atoms with Crippen molar-refractivity contribution >= 4 is 17.3 Å². The second-order valence-corrected chi connectivity index (χ2v) is 4.02. The Kier molecular flexibility index (Phi) is 2.49. The number of aliphatic imine (C=N–C) groups is 1. The zero-order valence-corrected chi connectivity index (χ0v) is 8.40. The van der Waals surface area contributed by atoms with Gasteiger partial charge in [0.25, 0.3) is 0 Å². The van der Waals surface area contributed by atoms with E-state index in [1.54, 1.807) is 11.3 Å². The fraction of sp³-hybridized carbons (Fsp3) is 0.444. The van der Waals surface area contributed by atoms with Gasteiger partial charge in [0.05, 0.1) is 12.6 Å². The summed E-state index contributed by atoms with van der Waals surface area (Å²) in [6.07, 6.45) is 0. The first-order valence-electron chi connectivity index (χ1n) is 4.44. The van der Waals surface area contributed by atoms with Crippen LogP contribution in [0, 0.1) is 0 Å². The van der Waals surface area contributed by atoms with Crippen LogP contribution < -0.4 is 10.6 Å². The Balaban J connectivity index is 1.95. The molecule has 0 saturated carbocycles. The van der Waals surface area contributed by atoms with Crippen LogP contribution in [0.4, 0.5) is 0 Å². The number of rotatable bonds is 2. The zero-order valence-electron chi connectivity index (χ0n) is 7.58. The molecule has 1 aromatic rings. The lowest BCUT2D eigenvalue weighted by Crippen LogP contribution is -2.35. The summed E-state index contributed by atoms with van der Waals surface area (Å²) < 4.78 is 0. The minimum absolute atomic E-state index is 0.351. The molecule has 2 N–H and O–H groups in total. The Bertz CT molecular complexity index is 292. The highest BCUT2D eigenvalue weighted by Crippen LogP contribution is 2.17. The number of thiophene rings is 1. The molecular formula is C9H13N3S. The van der Waals surface area contributed by atoms with Crippen LogP contribution in [-0.2, 0) is 0 Å². The van der Waals surface area contributed by atoms with Gasteiger partial charge in [-0.1, -0.05) is 6.07 Å². The van der Waals surface area contributed by atoms with Gasteiger partial charge in [0.2, 0.25) is 0 Å². The maximum absolute atomic E-state index is 4.28. The van der Waals surface area contributed by atoms with E-state index < -0.39 is 0 Å². The van der Waals surface area contributed by atoms with E-state index in [9.17, 15) is 0 Å². The molecular weight excluding hydrogens is 182 g/mol. The minimum Gasteiger partial charge on any atom is -0.355 e. The summed E-state index contributed by atoms with van der Waals surface area (Å²) in [5.74, 6) is 0.931. The van der Waals surface area contributed by atoms with Gasteiger partial charge in [0.15, 0.2) is 5.96 Å². The monoisotopic (exact) mass is 195 g/mol. The van der Waals surface area contributed by atoms with Crippen LogP contribution in [0.15, 0.2) is 22.5 Å². The van der Waals surface area contributed by atoms with E-state index in [-0.39, 0.29) is 0 Å². The standard InChI is InChI=1S/C9H13N3S/c1-7(8-3-2-6-13-8)12-9-10-4-5-11-9/h2-3,6-7H,4-5H2,1H3,(H2,10,11,12)/t7-/m0/s1. The van der Waals surface area contributed by atoms with Gasteiger partial charge < -0.3 is 10.6 Å². The van der Waals surface area contributed by atoms with Gasteiger partial charge >= 0.3 is 0 Å². The molecule has 0 unspecified atom stereocenters. The molecule has 1 aliphatic heterocycles. The van der Waals surface area contributed by atoms with E-state index in [0.717, 1.165) is 19.0 Å². The van der Waals surface area contributed by atoms with E-state index in [1.807, 2.05) is 0 Å². The normalized spacial score (nSPS) is 17.8. The van der Waals surface area contributed by atoms with Crippen molar-refractivity contribution < 1.29 is 0 Å². The molecule has 0 fully saturated rings. The van der Waals surface area contributed by atoms with Crippen LogP contribution >= 0.6 is 11.3 Å². The highest BCUT2D eigenvalue weighted by molar-refractivity contribution is 7.10. The topological polar surface area (TPSA) is 36.4 Å². The molecule has 2 rings (SSSR count). The molecule has 1 aromatic heterocycles. The van der Waals surface area contributed by atoms with Gasteiger partial charge in [-0.05, 0) is 18.4 Å². The number of guanidine groups is 1. The van der Waals surface area contributed by atoms with Crippen molar-refractivity contribution in [1.29, 1.82) is 0 Å². The summed E-state index contributed by atoms with van der Waals surface area (Å²) in [5.41, 5.74) is 0. The quantitative estimate of drug-likeness (QED) is 0.747. The van der Waals surface area contributed by atoms with Crippen LogP contribution in [0.2, 0.25) is 0 Å². The molecule has 1 atom stereocenters. The van der Waals surface area contributed by atoms with Gasteiger partial charge in [0.1, 0.15) is 0 Å². The largest absolute Gasteiger partial charge is 0.355 e. The number of nitrogens with zero attached hydrogens (tertiary/aromatic N) is 1. The fourth-order valence-corrected chi connectivity index (χ4v) is 2.04. The van der Waals surface area contributed by atoms with E-state index in [0.29, 0.717) is 6.04 Å². The van der Waals surface area contributed by atoms with Crippen LogP contribution in [0.3, 0.4) is 0 Å². The molecule has 1 aliphatic rings. The van der Waals surface area contributed by atoms with Crippen molar-refractivity contribution in [3.63, 3.8) is 0 Å². The van der Waals surface area contributed by atoms with Gasteiger partial charge in [-0.15, -0.1) is 11.3 Å². The Labute approximate surface area is 81.9 Å². The van der Waals surface area contributed by atoms with Crippen LogP contribution in [0.5, 0.6) is 0 Å². The van der Waals surface area contributed by atoms with Crippen LogP contribution in [0.25, 0.3) is 0 Å². The molecule has 70 valence electrons. The molecule has 0 bridgehead atoms. The molecule has 0 aromatic carbocycles. The fourth-order valence-electron chi connectivity index (χ4n) is 1.31. The summed E-state index contributed by atoms with van der Waals surface area (Å²) >= 11 is 1.77. The Morgan fingerprint density at radius 1 is 1.69 bits per heavy atom. The molecule has 2 heterocycles. The summed E-state index contributed by atoms with van der Waals surface area (Å²) in [7, 11) is 0. The van der Waals surface area contributed by atoms with E-state index in [4.69, 9.17) is 0 Å². The minimum atomic E-state index is 0.351. The first-order chi connectivity index (χ1) is 6.36. The van der Waals surface area contributed by atoms with Crippen molar-refractivity contribution in [3.05, 3.63) is 22.4 Å². The molecule has 3 nitrogen and oxygen atoms in total. The molecule has 0 amide bonds. The molecule has 0 aliphatic carbocycles. The summed E-state index contributed by atoms with van der Waals surface area (Å²) in [4.78, 5) is 5.63. The van der Waals surface area contributed by atoms with Crippen LogP contribution in [-0.4, -0.2) is 19.0 Å². The number of hydrogen-bond donors (Lipinski definition) is 2. The third-order valence-electron chi connectivity index (χ3n) is 2.00. The summed E-state index contributed by atoms with van der Waals surface area (Å²) in [6, 6.07) is 4.56.